The van der Waals surface area contributed by atoms with Crippen molar-refractivity contribution < 1.29 is 23.1 Å². The molecule has 6 heteroatoms. The number of esters is 1. The van der Waals surface area contributed by atoms with E-state index in [4.69, 9.17) is 11.6 Å². The molecule has 124 valence electrons. The third kappa shape index (κ3) is 4.73. The summed E-state index contributed by atoms with van der Waals surface area (Å²) in [6.45, 7) is 1.04. The number of ketones is 1. The van der Waals surface area contributed by atoms with Gasteiger partial charge >= 0.3 is 5.97 Å². The Labute approximate surface area is 142 Å². The average molecular weight is 351 g/mol. The molecular weight excluding hydrogens is 338 g/mol. The van der Waals surface area contributed by atoms with E-state index >= 15 is 0 Å². The van der Waals surface area contributed by atoms with Gasteiger partial charge in [0.25, 0.3) is 0 Å². The second-order valence-corrected chi connectivity index (χ2v) is 5.42. The predicted molar refractivity (Wildman–Crippen MR) is 86.9 cm³/mol. The van der Waals surface area contributed by atoms with Crippen LogP contribution in [-0.2, 0) is 16.0 Å². The van der Waals surface area contributed by atoms with Gasteiger partial charge in [0, 0.05) is 23.9 Å². The van der Waals surface area contributed by atoms with Crippen LogP contribution in [0.3, 0.4) is 0 Å². The summed E-state index contributed by atoms with van der Waals surface area (Å²) < 4.78 is 32.1. The van der Waals surface area contributed by atoms with Crippen molar-refractivity contribution in [3.8, 4) is 5.75 Å². The van der Waals surface area contributed by atoms with Crippen molar-refractivity contribution in [2.75, 3.05) is 0 Å². The molecule has 0 radical (unpaired) electrons. The number of hydrogen-bond donors (Lipinski definition) is 0. The monoisotopic (exact) mass is 350 g/mol. The van der Waals surface area contributed by atoms with Gasteiger partial charge in [-0.05, 0) is 42.0 Å². The third-order valence-corrected chi connectivity index (χ3v) is 3.28. The van der Waals surface area contributed by atoms with E-state index < -0.39 is 23.4 Å². The molecule has 0 atom stereocenters. The van der Waals surface area contributed by atoms with E-state index in [1.807, 2.05) is 0 Å². The first-order valence-corrected chi connectivity index (χ1v) is 7.36. The molecule has 2 aromatic rings. The molecule has 0 aliphatic heterocycles. The SMILES string of the molecule is CC(=O)Oc1c(F)ccc(/C=C/C(=O)Cc2cccc(Cl)c2)c1F. The number of hydrogen-bond acceptors (Lipinski definition) is 3. The fourth-order valence-electron chi connectivity index (χ4n) is 2.00. The molecule has 0 aliphatic rings. The van der Waals surface area contributed by atoms with E-state index in [1.54, 1.807) is 24.3 Å². The standard InChI is InChI=1S/C18H13ClF2O3/c1-11(22)24-18-16(20)8-6-13(17(18)21)5-7-15(23)10-12-3-2-4-14(19)9-12/h2-9H,10H2,1H3/b7-5+. The van der Waals surface area contributed by atoms with Crippen LogP contribution in [-0.4, -0.2) is 11.8 Å². The molecule has 0 aromatic heterocycles. The summed E-state index contributed by atoms with van der Waals surface area (Å²) in [7, 11) is 0. The van der Waals surface area contributed by atoms with Crippen LogP contribution in [0.2, 0.25) is 5.02 Å². The molecule has 0 unspecified atom stereocenters. The van der Waals surface area contributed by atoms with Crippen molar-refractivity contribution in [1.29, 1.82) is 0 Å². The van der Waals surface area contributed by atoms with Crippen molar-refractivity contribution in [2.45, 2.75) is 13.3 Å². The molecule has 24 heavy (non-hydrogen) atoms. The summed E-state index contributed by atoms with van der Waals surface area (Å²) in [5, 5.41) is 0.514. The van der Waals surface area contributed by atoms with Crippen LogP contribution < -0.4 is 4.74 Å². The Morgan fingerprint density at radius 3 is 2.62 bits per heavy atom. The van der Waals surface area contributed by atoms with Crippen LogP contribution in [0, 0.1) is 11.6 Å². The Morgan fingerprint density at radius 1 is 1.21 bits per heavy atom. The highest BCUT2D eigenvalue weighted by Gasteiger charge is 2.15. The zero-order chi connectivity index (χ0) is 17.7. The smallest absolute Gasteiger partial charge is 0.308 e. The van der Waals surface area contributed by atoms with Crippen LogP contribution in [0.25, 0.3) is 6.08 Å². The van der Waals surface area contributed by atoms with E-state index in [1.165, 1.54) is 12.2 Å². The fraction of sp³-hybridized carbons (Fsp3) is 0.111. The molecule has 0 saturated carbocycles. The third-order valence-electron chi connectivity index (χ3n) is 3.04. The van der Waals surface area contributed by atoms with Crippen LogP contribution in [0.4, 0.5) is 8.78 Å². The van der Waals surface area contributed by atoms with Crippen LogP contribution in [0.15, 0.2) is 42.5 Å². The minimum absolute atomic E-state index is 0.0629. The lowest BCUT2D eigenvalue weighted by molar-refractivity contribution is -0.132. The molecule has 3 nitrogen and oxygen atoms in total. The lowest BCUT2D eigenvalue weighted by atomic mass is 10.1. The molecule has 0 amide bonds. The quantitative estimate of drug-likeness (QED) is 0.457. The van der Waals surface area contributed by atoms with E-state index in [0.29, 0.717) is 5.02 Å². The predicted octanol–water partition coefficient (Wildman–Crippen LogP) is 4.37. The van der Waals surface area contributed by atoms with Crippen molar-refractivity contribution >= 4 is 29.4 Å². The van der Waals surface area contributed by atoms with Crippen LogP contribution in [0.5, 0.6) is 5.75 Å². The number of ether oxygens (including phenoxy) is 1. The van der Waals surface area contributed by atoms with Crippen LogP contribution in [0.1, 0.15) is 18.1 Å². The first-order valence-electron chi connectivity index (χ1n) is 6.98. The average Bonchev–Trinajstić information content (AvgIpc) is 2.50. The zero-order valence-corrected chi connectivity index (χ0v) is 13.4. The fourth-order valence-corrected chi connectivity index (χ4v) is 2.22. The van der Waals surface area contributed by atoms with Crippen molar-refractivity contribution in [1.82, 2.24) is 0 Å². The molecule has 0 aliphatic carbocycles. The topological polar surface area (TPSA) is 43.4 Å². The molecule has 0 spiro atoms. The highest BCUT2D eigenvalue weighted by molar-refractivity contribution is 6.30. The number of carbonyl (C=O) groups is 2. The van der Waals surface area contributed by atoms with Gasteiger partial charge in [0.05, 0.1) is 0 Å². The molecule has 0 N–H and O–H groups in total. The number of rotatable bonds is 5. The summed E-state index contributed by atoms with van der Waals surface area (Å²) in [5.74, 6) is -3.95. The molecule has 0 saturated heterocycles. The second-order valence-electron chi connectivity index (χ2n) is 4.98. The second kappa shape index (κ2) is 7.84. The van der Waals surface area contributed by atoms with Gasteiger partial charge in [0.2, 0.25) is 5.75 Å². The van der Waals surface area contributed by atoms with Gasteiger partial charge in [-0.2, -0.15) is 0 Å². The Balaban J connectivity index is 2.16. The van der Waals surface area contributed by atoms with Gasteiger partial charge in [-0.3, -0.25) is 9.59 Å². The lowest BCUT2D eigenvalue weighted by Gasteiger charge is -2.06. The Morgan fingerprint density at radius 2 is 1.96 bits per heavy atom. The van der Waals surface area contributed by atoms with E-state index in [0.717, 1.165) is 24.6 Å². The Hall–Kier alpha value is -2.53. The maximum absolute atomic E-state index is 14.1. The lowest BCUT2D eigenvalue weighted by Crippen LogP contribution is -2.06. The largest absolute Gasteiger partial charge is 0.420 e. The van der Waals surface area contributed by atoms with Gasteiger partial charge in [0.1, 0.15) is 0 Å². The van der Waals surface area contributed by atoms with Crippen molar-refractivity contribution in [3.05, 3.63) is 70.3 Å². The molecule has 0 heterocycles. The van der Waals surface area contributed by atoms with Gasteiger partial charge in [-0.25, -0.2) is 8.78 Å². The maximum Gasteiger partial charge on any atom is 0.308 e. The number of benzene rings is 2. The highest BCUT2D eigenvalue weighted by atomic mass is 35.5. The van der Waals surface area contributed by atoms with Crippen molar-refractivity contribution in [2.24, 2.45) is 0 Å². The summed E-state index contributed by atoms with van der Waals surface area (Å²) in [4.78, 5) is 22.8. The van der Waals surface area contributed by atoms with E-state index in [2.05, 4.69) is 4.74 Å². The number of carbonyl (C=O) groups excluding carboxylic acids is 2. The van der Waals surface area contributed by atoms with Gasteiger partial charge in [-0.1, -0.05) is 23.7 Å². The van der Waals surface area contributed by atoms with E-state index in [9.17, 15) is 18.4 Å². The molecule has 0 fully saturated rings. The molecule has 2 rings (SSSR count). The van der Waals surface area contributed by atoms with Crippen LogP contribution >= 0.6 is 11.6 Å². The van der Waals surface area contributed by atoms with Gasteiger partial charge in [0.15, 0.2) is 17.4 Å². The Kier molecular flexibility index (Phi) is 5.82. The van der Waals surface area contributed by atoms with Crippen molar-refractivity contribution in [3.63, 3.8) is 0 Å². The van der Waals surface area contributed by atoms with E-state index in [-0.39, 0.29) is 17.8 Å². The summed E-state index contributed by atoms with van der Waals surface area (Å²) >= 11 is 5.84. The number of halogens is 3. The zero-order valence-electron chi connectivity index (χ0n) is 12.7. The summed E-state index contributed by atoms with van der Waals surface area (Å²) in [5.41, 5.74) is 0.657. The van der Waals surface area contributed by atoms with Gasteiger partial charge in [-0.15, -0.1) is 0 Å². The number of allylic oxidation sites excluding steroid dienone is 1. The summed E-state index contributed by atoms with van der Waals surface area (Å²) in [6.07, 6.45) is 2.47. The minimum atomic E-state index is -1.04. The minimum Gasteiger partial charge on any atom is -0.420 e. The summed E-state index contributed by atoms with van der Waals surface area (Å²) in [6, 6.07) is 8.93. The highest BCUT2D eigenvalue weighted by Crippen LogP contribution is 2.25. The maximum atomic E-state index is 14.1. The van der Waals surface area contributed by atoms with Gasteiger partial charge < -0.3 is 4.74 Å². The Bertz CT molecular complexity index is 816. The normalized spacial score (nSPS) is 10.8. The first-order chi connectivity index (χ1) is 11.4. The first kappa shape index (κ1) is 17.8. The molecular formula is C18H13ClF2O3. The molecule has 0 bridgehead atoms. The molecule has 2 aromatic carbocycles.